The Morgan fingerprint density at radius 3 is 2.92 bits per heavy atom. The van der Waals surface area contributed by atoms with Crippen LogP contribution in [0.2, 0.25) is 0 Å². The number of piperidine rings is 1. The van der Waals surface area contributed by atoms with E-state index in [1.807, 2.05) is 13.8 Å². The maximum atomic E-state index is 11.4. The van der Waals surface area contributed by atoms with Crippen molar-refractivity contribution in [2.45, 2.75) is 44.3 Å². The fourth-order valence-corrected chi connectivity index (χ4v) is 2.73. The lowest BCUT2D eigenvalue weighted by Gasteiger charge is -2.37. The second-order valence-corrected chi connectivity index (χ2v) is 4.52. The van der Waals surface area contributed by atoms with Crippen molar-refractivity contribution in [3.63, 3.8) is 0 Å². The second kappa shape index (κ2) is 2.07. The van der Waals surface area contributed by atoms with Crippen LogP contribution in [0.15, 0.2) is 0 Å². The van der Waals surface area contributed by atoms with E-state index in [9.17, 15) is 4.79 Å². The third kappa shape index (κ3) is 0.901. The number of carbonyl (C=O) groups is 1. The standard InChI is InChI=1S/C9H13NO3/c1-9(2)12-5-3-4-7(13-9)6(5)8(11)10-4/h4-7H,3H2,1-2H3,(H,10,11). The summed E-state index contributed by atoms with van der Waals surface area (Å²) in [5, 5.41) is 2.92. The Morgan fingerprint density at radius 1 is 1.46 bits per heavy atom. The molecule has 0 spiro atoms. The van der Waals surface area contributed by atoms with Crippen LogP contribution in [0.4, 0.5) is 0 Å². The molecule has 4 nitrogen and oxygen atoms in total. The Bertz CT molecular complexity index is 276. The number of hydrogen-bond donors (Lipinski definition) is 1. The predicted molar refractivity (Wildman–Crippen MR) is 43.9 cm³/mol. The minimum absolute atomic E-state index is 0.0428. The molecule has 2 heterocycles. The van der Waals surface area contributed by atoms with E-state index < -0.39 is 5.79 Å². The van der Waals surface area contributed by atoms with Gasteiger partial charge in [-0.2, -0.15) is 0 Å². The van der Waals surface area contributed by atoms with Gasteiger partial charge < -0.3 is 14.8 Å². The molecule has 0 aromatic heterocycles. The number of hydrogen-bond acceptors (Lipinski definition) is 3. The Balaban J connectivity index is 1.95. The molecule has 4 unspecified atom stereocenters. The van der Waals surface area contributed by atoms with Gasteiger partial charge in [0.25, 0.3) is 0 Å². The van der Waals surface area contributed by atoms with Crippen molar-refractivity contribution in [2.75, 3.05) is 0 Å². The van der Waals surface area contributed by atoms with Gasteiger partial charge in [0.1, 0.15) is 0 Å². The number of carbonyl (C=O) groups excluding carboxylic acids is 1. The minimum Gasteiger partial charge on any atom is -0.350 e. The van der Waals surface area contributed by atoms with E-state index in [0.717, 1.165) is 6.42 Å². The quantitative estimate of drug-likeness (QED) is 0.576. The fraction of sp³-hybridized carbons (Fsp3) is 0.889. The van der Waals surface area contributed by atoms with Crippen LogP contribution >= 0.6 is 0 Å². The van der Waals surface area contributed by atoms with Crippen molar-refractivity contribution in [3.05, 3.63) is 0 Å². The van der Waals surface area contributed by atoms with E-state index in [-0.39, 0.29) is 30.1 Å². The highest BCUT2D eigenvalue weighted by Crippen LogP contribution is 2.44. The summed E-state index contributed by atoms with van der Waals surface area (Å²) in [6, 6.07) is 0.185. The molecule has 2 saturated heterocycles. The fourth-order valence-electron chi connectivity index (χ4n) is 2.73. The van der Waals surface area contributed by atoms with E-state index in [1.165, 1.54) is 0 Å². The zero-order chi connectivity index (χ0) is 9.22. The molecule has 1 N–H and O–H groups in total. The van der Waals surface area contributed by atoms with Gasteiger partial charge in [0, 0.05) is 0 Å². The van der Waals surface area contributed by atoms with E-state index in [0.29, 0.717) is 0 Å². The highest BCUT2D eigenvalue weighted by molar-refractivity contribution is 5.84. The molecular formula is C9H13NO3. The van der Waals surface area contributed by atoms with Gasteiger partial charge >= 0.3 is 0 Å². The van der Waals surface area contributed by atoms with Crippen LogP contribution in [0, 0.1) is 5.92 Å². The molecule has 1 saturated carbocycles. The van der Waals surface area contributed by atoms with E-state index >= 15 is 0 Å². The van der Waals surface area contributed by atoms with Crippen molar-refractivity contribution in [1.29, 1.82) is 0 Å². The molecule has 3 fully saturated rings. The maximum Gasteiger partial charge on any atom is 0.228 e. The van der Waals surface area contributed by atoms with Gasteiger partial charge in [0.05, 0.1) is 24.2 Å². The van der Waals surface area contributed by atoms with Gasteiger partial charge in [0.2, 0.25) is 5.91 Å². The molecule has 72 valence electrons. The van der Waals surface area contributed by atoms with E-state index in [2.05, 4.69) is 5.32 Å². The number of amides is 1. The van der Waals surface area contributed by atoms with Crippen LogP contribution in [0.3, 0.4) is 0 Å². The number of ether oxygens (including phenoxy) is 2. The summed E-state index contributed by atoms with van der Waals surface area (Å²) in [5.74, 6) is -0.479. The van der Waals surface area contributed by atoms with Crippen molar-refractivity contribution in [2.24, 2.45) is 5.92 Å². The average molecular weight is 183 g/mol. The third-order valence-electron chi connectivity index (χ3n) is 3.12. The topological polar surface area (TPSA) is 47.6 Å². The average Bonchev–Trinajstić information content (AvgIpc) is 2.36. The van der Waals surface area contributed by atoms with Crippen LogP contribution in [-0.4, -0.2) is 29.9 Å². The molecular weight excluding hydrogens is 170 g/mol. The summed E-state index contributed by atoms with van der Waals surface area (Å²) in [6.45, 7) is 3.81. The van der Waals surface area contributed by atoms with Crippen LogP contribution < -0.4 is 5.32 Å². The molecule has 4 bridgehead atoms. The lowest BCUT2D eigenvalue weighted by Crippen LogP contribution is -2.47. The summed E-state index contributed by atoms with van der Waals surface area (Å²) in [5.41, 5.74) is 0. The van der Waals surface area contributed by atoms with Crippen LogP contribution in [0.1, 0.15) is 20.3 Å². The molecule has 4 heteroatoms. The Kier molecular flexibility index (Phi) is 1.23. The SMILES string of the molecule is CC1(C)OC2CC3NC(=O)C2C3O1. The first-order chi connectivity index (χ1) is 6.07. The van der Waals surface area contributed by atoms with Gasteiger partial charge in [0.15, 0.2) is 5.79 Å². The van der Waals surface area contributed by atoms with Gasteiger partial charge in [-0.3, -0.25) is 4.79 Å². The highest BCUT2D eigenvalue weighted by atomic mass is 16.7. The smallest absolute Gasteiger partial charge is 0.228 e. The van der Waals surface area contributed by atoms with Crippen molar-refractivity contribution < 1.29 is 14.3 Å². The molecule has 1 amide bonds. The summed E-state index contributed by atoms with van der Waals surface area (Å²) in [4.78, 5) is 11.4. The van der Waals surface area contributed by atoms with Crippen molar-refractivity contribution in [3.8, 4) is 0 Å². The zero-order valence-electron chi connectivity index (χ0n) is 7.74. The van der Waals surface area contributed by atoms with Gasteiger partial charge in [-0.05, 0) is 20.3 Å². The Hall–Kier alpha value is -0.610. The largest absolute Gasteiger partial charge is 0.350 e. The lowest BCUT2D eigenvalue weighted by molar-refractivity contribution is -0.292. The van der Waals surface area contributed by atoms with Gasteiger partial charge in [-0.1, -0.05) is 0 Å². The molecule has 3 aliphatic rings. The zero-order valence-corrected chi connectivity index (χ0v) is 7.74. The Morgan fingerprint density at radius 2 is 2.23 bits per heavy atom. The third-order valence-corrected chi connectivity index (χ3v) is 3.12. The second-order valence-electron chi connectivity index (χ2n) is 4.52. The minimum atomic E-state index is -0.521. The lowest BCUT2D eigenvalue weighted by atomic mass is 10.0. The molecule has 13 heavy (non-hydrogen) atoms. The number of nitrogens with one attached hydrogen (secondary N) is 1. The van der Waals surface area contributed by atoms with Crippen LogP contribution in [0.25, 0.3) is 0 Å². The molecule has 4 atom stereocenters. The van der Waals surface area contributed by atoms with Crippen molar-refractivity contribution in [1.82, 2.24) is 5.32 Å². The number of rotatable bonds is 0. The highest BCUT2D eigenvalue weighted by Gasteiger charge is 2.60. The van der Waals surface area contributed by atoms with Gasteiger partial charge in [-0.15, -0.1) is 0 Å². The van der Waals surface area contributed by atoms with Gasteiger partial charge in [-0.25, -0.2) is 0 Å². The Labute approximate surface area is 76.6 Å². The first-order valence-electron chi connectivity index (χ1n) is 4.73. The molecule has 3 rings (SSSR count). The maximum absolute atomic E-state index is 11.4. The van der Waals surface area contributed by atoms with Crippen LogP contribution in [0.5, 0.6) is 0 Å². The first kappa shape index (κ1) is 7.76. The summed E-state index contributed by atoms with van der Waals surface area (Å²) in [7, 11) is 0. The predicted octanol–water partition coefficient (Wildman–Crippen LogP) is 0.0248. The summed E-state index contributed by atoms with van der Waals surface area (Å²) < 4.78 is 11.4. The monoisotopic (exact) mass is 183 g/mol. The van der Waals surface area contributed by atoms with E-state index in [4.69, 9.17) is 9.47 Å². The normalized spacial score (nSPS) is 50.8. The summed E-state index contributed by atoms with van der Waals surface area (Å²) >= 11 is 0. The molecule has 1 aliphatic carbocycles. The summed E-state index contributed by atoms with van der Waals surface area (Å²) in [6.07, 6.45) is 1.03. The van der Waals surface area contributed by atoms with E-state index in [1.54, 1.807) is 0 Å². The van der Waals surface area contributed by atoms with Crippen LogP contribution in [-0.2, 0) is 14.3 Å². The molecule has 0 aromatic rings. The first-order valence-corrected chi connectivity index (χ1v) is 4.73. The molecule has 0 aromatic carbocycles. The van der Waals surface area contributed by atoms with Crippen molar-refractivity contribution >= 4 is 5.91 Å². The molecule has 0 radical (unpaired) electrons. The molecule has 2 aliphatic heterocycles.